The van der Waals surface area contributed by atoms with Gasteiger partial charge in [-0.25, -0.2) is 13.6 Å². The van der Waals surface area contributed by atoms with E-state index < -0.39 is 29.2 Å². The normalized spacial score (nSPS) is 10.8. The molecule has 2 aromatic carbocycles. The largest absolute Gasteiger partial charge is 0.478 e. The van der Waals surface area contributed by atoms with Crippen molar-refractivity contribution in [1.82, 2.24) is 0 Å². The van der Waals surface area contributed by atoms with E-state index in [2.05, 4.69) is 0 Å². The number of hydrogen-bond acceptors (Lipinski definition) is 2. The number of carboxylic acids is 1. The Morgan fingerprint density at radius 2 is 1.81 bits per heavy atom. The zero-order valence-corrected chi connectivity index (χ0v) is 10.5. The van der Waals surface area contributed by atoms with Gasteiger partial charge in [-0.3, -0.25) is 0 Å². The third-order valence-corrected chi connectivity index (χ3v) is 2.51. The quantitative estimate of drug-likeness (QED) is 0.867. The maximum absolute atomic E-state index is 13.8. The number of aliphatic carboxylic acids is 1. The average Bonchev–Trinajstić information content (AvgIpc) is 2.44. The summed E-state index contributed by atoms with van der Waals surface area (Å²) in [4.78, 5) is 10.4. The van der Waals surface area contributed by atoms with Gasteiger partial charge in [0.25, 0.3) is 0 Å². The third kappa shape index (κ3) is 3.62. The second-order valence-electron chi connectivity index (χ2n) is 4.02. The number of halogens is 3. The van der Waals surface area contributed by atoms with Gasteiger partial charge in [0, 0.05) is 6.08 Å². The first-order valence-corrected chi connectivity index (χ1v) is 5.80. The van der Waals surface area contributed by atoms with Crippen molar-refractivity contribution < 1.29 is 27.8 Å². The molecule has 0 saturated heterocycles. The lowest BCUT2D eigenvalue weighted by molar-refractivity contribution is -0.131. The highest BCUT2D eigenvalue weighted by Crippen LogP contribution is 2.28. The molecule has 108 valence electrons. The van der Waals surface area contributed by atoms with Crippen LogP contribution in [0.3, 0.4) is 0 Å². The van der Waals surface area contributed by atoms with Crippen molar-refractivity contribution in [3.05, 3.63) is 65.5 Å². The molecule has 0 aliphatic carbocycles. The number of rotatable bonds is 4. The highest BCUT2D eigenvalue weighted by atomic mass is 19.2. The smallest absolute Gasteiger partial charge is 0.328 e. The van der Waals surface area contributed by atoms with Gasteiger partial charge in [0.05, 0.1) is 0 Å². The van der Waals surface area contributed by atoms with Crippen molar-refractivity contribution in [2.45, 2.75) is 0 Å². The van der Waals surface area contributed by atoms with Gasteiger partial charge in [0.2, 0.25) is 5.82 Å². The molecule has 0 atom stereocenters. The lowest BCUT2D eigenvalue weighted by Gasteiger charge is -2.08. The monoisotopic (exact) mass is 294 g/mol. The Morgan fingerprint density at radius 3 is 2.48 bits per heavy atom. The van der Waals surface area contributed by atoms with E-state index in [4.69, 9.17) is 9.84 Å². The van der Waals surface area contributed by atoms with E-state index in [1.807, 2.05) is 0 Å². The summed E-state index contributed by atoms with van der Waals surface area (Å²) in [6.07, 6.45) is 2.04. The molecule has 2 rings (SSSR count). The van der Waals surface area contributed by atoms with Crippen LogP contribution in [0, 0.1) is 17.5 Å². The van der Waals surface area contributed by atoms with E-state index in [1.165, 1.54) is 24.3 Å². The van der Waals surface area contributed by atoms with Crippen molar-refractivity contribution >= 4 is 12.0 Å². The van der Waals surface area contributed by atoms with Crippen molar-refractivity contribution in [2.75, 3.05) is 0 Å². The van der Waals surface area contributed by atoms with E-state index >= 15 is 0 Å². The summed E-state index contributed by atoms with van der Waals surface area (Å²) >= 11 is 0. The first kappa shape index (κ1) is 14.6. The molecule has 0 radical (unpaired) electrons. The zero-order chi connectivity index (χ0) is 15.4. The first-order chi connectivity index (χ1) is 9.97. The molecule has 0 aliphatic rings. The van der Waals surface area contributed by atoms with Crippen LogP contribution in [0.15, 0.2) is 42.5 Å². The maximum Gasteiger partial charge on any atom is 0.328 e. The van der Waals surface area contributed by atoms with Gasteiger partial charge >= 0.3 is 5.97 Å². The van der Waals surface area contributed by atoms with E-state index in [1.54, 1.807) is 0 Å². The van der Waals surface area contributed by atoms with Crippen LogP contribution >= 0.6 is 0 Å². The van der Waals surface area contributed by atoms with Crippen LogP contribution in [0.4, 0.5) is 13.2 Å². The van der Waals surface area contributed by atoms with Gasteiger partial charge in [-0.2, -0.15) is 4.39 Å². The highest BCUT2D eigenvalue weighted by Gasteiger charge is 2.12. The molecule has 0 aromatic heterocycles. The second kappa shape index (κ2) is 6.13. The predicted molar refractivity (Wildman–Crippen MR) is 69.5 cm³/mol. The summed E-state index contributed by atoms with van der Waals surface area (Å²) in [5.74, 6) is -5.06. The topological polar surface area (TPSA) is 46.5 Å². The summed E-state index contributed by atoms with van der Waals surface area (Å²) < 4.78 is 45.2. The molecule has 0 unspecified atom stereocenters. The molecular weight excluding hydrogens is 285 g/mol. The summed E-state index contributed by atoms with van der Waals surface area (Å²) in [5, 5.41) is 8.47. The Hall–Kier alpha value is -2.76. The van der Waals surface area contributed by atoms with E-state index in [0.29, 0.717) is 5.56 Å². The van der Waals surface area contributed by atoms with Gasteiger partial charge in [-0.05, 0) is 35.9 Å². The number of hydrogen-bond donors (Lipinski definition) is 1. The van der Waals surface area contributed by atoms with Crippen LogP contribution in [-0.2, 0) is 4.79 Å². The zero-order valence-electron chi connectivity index (χ0n) is 10.5. The minimum atomic E-state index is -1.22. The lowest BCUT2D eigenvalue weighted by Crippen LogP contribution is -1.94. The van der Waals surface area contributed by atoms with Crippen molar-refractivity contribution in [2.24, 2.45) is 0 Å². The number of ether oxygens (including phenoxy) is 1. The fourth-order valence-corrected chi connectivity index (χ4v) is 1.55. The second-order valence-corrected chi connectivity index (χ2v) is 4.02. The molecule has 2 aromatic rings. The van der Waals surface area contributed by atoms with Gasteiger partial charge < -0.3 is 9.84 Å². The van der Waals surface area contributed by atoms with Crippen LogP contribution in [0.1, 0.15) is 5.56 Å². The number of carboxylic acid groups (broad SMARTS) is 1. The number of benzene rings is 2. The predicted octanol–water partition coefficient (Wildman–Crippen LogP) is 3.99. The first-order valence-electron chi connectivity index (χ1n) is 5.80. The van der Waals surface area contributed by atoms with Crippen molar-refractivity contribution in [3.8, 4) is 11.5 Å². The highest BCUT2D eigenvalue weighted by molar-refractivity contribution is 5.85. The molecule has 0 amide bonds. The Kier molecular flexibility index (Phi) is 4.27. The van der Waals surface area contributed by atoms with Crippen LogP contribution in [0.2, 0.25) is 0 Å². The van der Waals surface area contributed by atoms with E-state index in [-0.39, 0.29) is 5.75 Å². The Morgan fingerprint density at radius 1 is 1.05 bits per heavy atom. The molecule has 3 nitrogen and oxygen atoms in total. The van der Waals surface area contributed by atoms with Crippen LogP contribution < -0.4 is 4.74 Å². The van der Waals surface area contributed by atoms with Gasteiger partial charge in [-0.15, -0.1) is 0 Å². The fourth-order valence-electron chi connectivity index (χ4n) is 1.55. The Labute approximate surface area is 117 Å². The fraction of sp³-hybridized carbons (Fsp3) is 0. The Balaban J connectivity index is 2.25. The number of carbonyl (C=O) groups is 1. The molecule has 1 N–H and O–H groups in total. The van der Waals surface area contributed by atoms with Gasteiger partial charge in [-0.1, -0.05) is 12.1 Å². The molecule has 0 saturated carbocycles. The Bertz CT molecular complexity index is 711. The average molecular weight is 294 g/mol. The molecule has 0 bridgehead atoms. The summed E-state index contributed by atoms with van der Waals surface area (Å²) in [6.45, 7) is 0. The summed E-state index contributed by atoms with van der Waals surface area (Å²) in [6, 6.07) is 6.91. The van der Waals surface area contributed by atoms with E-state index in [9.17, 15) is 18.0 Å². The summed E-state index contributed by atoms with van der Waals surface area (Å²) in [7, 11) is 0. The minimum Gasteiger partial charge on any atom is -0.478 e. The van der Waals surface area contributed by atoms with E-state index in [0.717, 1.165) is 24.3 Å². The molecule has 21 heavy (non-hydrogen) atoms. The SMILES string of the molecule is O=C(O)C=Cc1ccc(Oc2cccc(F)c2F)c(F)c1. The summed E-state index contributed by atoms with van der Waals surface area (Å²) in [5.41, 5.74) is 0.293. The lowest BCUT2D eigenvalue weighted by atomic mass is 10.2. The van der Waals surface area contributed by atoms with Crippen LogP contribution in [0.25, 0.3) is 6.08 Å². The minimum absolute atomic E-state index is 0.293. The maximum atomic E-state index is 13.8. The molecular formula is C15H9F3O3. The van der Waals surface area contributed by atoms with Crippen LogP contribution in [0.5, 0.6) is 11.5 Å². The van der Waals surface area contributed by atoms with Crippen molar-refractivity contribution in [1.29, 1.82) is 0 Å². The molecule has 0 fully saturated rings. The molecule has 0 heterocycles. The van der Waals surface area contributed by atoms with Gasteiger partial charge in [0.1, 0.15) is 0 Å². The molecule has 0 spiro atoms. The third-order valence-electron chi connectivity index (χ3n) is 2.51. The van der Waals surface area contributed by atoms with Gasteiger partial charge in [0.15, 0.2) is 23.1 Å². The van der Waals surface area contributed by atoms with Crippen molar-refractivity contribution in [3.63, 3.8) is 0 Å². The standard InChI is InChI=1S/C15H9F3O3/c16-10-2-1-3-13(15(10)18)21-12-6-4-9(8-11(12)17)5-7-14(19)20/h1-8H,(H,19,20). The van der Waals surface area contributed by atoms with Crippen LogP contribution in [-0.4, -0.2) is 11.1 Å². The molecule has 0 aliphatic heterocycles. The molecule has 6 heteroatoms.